The second-order valence-electron chi connectivity index (χ2n) is 7.17. The molecule has 0 heterocycles. The fourth-order valence-electron chi connectivity index (χ4n) is 3.49. The summed E-state index contributed by atoms with van der Waals surface area (Å²) in [6.07, 6.45) is 4.61. The van der Waals surface area contributed by atoms with Crippen LogP contribution in [0.1, 0.15) is 49.7 Å². The maximum absolute atomic E-state index is 11.7. The molecule has 1 saturated carbocycles. The predicted octanol–water partition coefficient (Wildman–Crippen LogP) is 4.87. The van der Waals surface area contributed by atoms with Crippen molar-refractivity contribution in [2.45, 2.75) is 44.6 Å². The van der Waals surface area contributed by atoms with E-state index >= 15 is 0 Å². The van der Waals surface area contributed by atoms with Gasteiger partial charge in [-0.05, 0) is 55.5 Å². The Bertz CT molecular complexity index is 857. The Balaban J connectivity index is 1.94. The number of aliphatic carboxylic acids is 1. The highest BCUT2D eigenvalue weighted by molar-refractivity contribution is 5.72. The van der Waals surface area contributed by atoms with E-state index in [0.717, 1.165) is 24.0 Å². The largest absolute Gasteiger partial charge is 0.493 e. The number of ether oxygens (including phenoxy) is 2. The number of benzene rings is 2. The molecule has 3 rings (SSSR count). The highest BCUT2D eigenvalue weighted by atomic mass is 16.5. The number of carboxylic acid groups (broad SMARTS) is 1. The number of carboxylic acids is 1. The van der Waals surface area contributed by atoms with Crippen molar-refractivity contribution in [1.29, 1.82) is 0 Å². The molecule has 1 aliphatic carbocycles. The Labute approximate surface area is 166 Å². The topological polar surface area (TPSA) is 55.8 Å². The third-order valence-corrected chi connectivity index (χ3v) is 5.18. The molecule has 146 valence electrons. The molecule has 0 spiro atoms. The van der Waals surface area contributed by atoms with Crippen LogP contribution in [0.25, 0.3) is 0 Å². The zero-order valence-corrected chi connectivity index (χ0v) is 16.4. The van der Waals surface area contributed by atoms with Crippen LogP contribution in [0.3, 0.4) is 0 Å². The first-order chi connectivity index (χ1) is 13.6. The van der Waals surface area contributed by atoms with Crippen LogP contribution in [0.5, 0.6) is 11.5 Å². The van der Waals surface area contributed by atoms with E-state index in [4.69, 9.17) is 9.47 Å². The molecule has 1 N–H and O–H groups in total. The first-order valence-electron chi connectivity index (χ1n) is 9.72. The van der Waals surface area contributed by atoms with Crippen LogP contribution in [0.15, 0.2) is 48.5 Å². The van der Waals surface area contributed by atoms with Gasteiger partial charge in [-0.3, -0.25) is 4.79 Å². The summed E-state index contributed by atoms with van der Waals surface area (Å²) in [5.41, 5.74) is 1.69. The number of hydrogen-bond acceptors (Lipinski definition) is 3. The van der Waals surface area contributed by atoms with E-state index in [9.17, 15) is 9.90 Å². The number of carbonyl (C=O) groups is 1. The summed E-state index contributed by atoms with van der Waals surface area (Å²) in [6.45, 7) is 1.69. The quantitative estimate of drug-likeness (QED) is 0.729. The lowest BCUT2D eigenvalue weighted by atomic mass is 9.87. The second kappa shape index (κ2) is 9.32. The highest BCUT2D eigenvalue weighted by Gasteiger charge is 2.26. The summed E-state index contributed by atoms with van der Waals surface area (Å²) in [7, 11) is 1.61. The van der Waals surface area contributed by atoms with E-state index in [-0.39, 0.29) is 6.10 Å². The van der Waals surface area contributed by atoms with Gasteiger partial charge in [0.1, 0.15) is 0 Å². The van der Waals surface area contributed by atoms with Gasteiger partial charge in [0.05, 0.1) is 25.0 Å². The van der Waals surface area contributed by atoms with Crippen molar-refractivity contribution in [2.75, 3.05) is 7.11 Å². The molecular formula is C24H26O4. The lowest BCUT2D eigenvalue weighted by Crippen LogP contribution is -2.18. The molecule has 0 aromatic heterocycles. The summed E-state index contributed by atoms with van der Waals surface area (Å²) in [6, 6.07) is 15.2. The van der Waals surface area contributed by atoms with Gasteiger partial charge in [0.15, 0.2) is 11.5 Å². The van der Waals surface area contributed by atoms with Gasteiger partial charge in [0, 0.05) is 5.56 Å². The lowest BCUT2D eigenvalue weighted by molar-refractivity contribution is -0.141. The van der Waals surface area contributed by atoms with E-state index < -0.39 is 17.8 Å². The first-order valence-corrected chi connectivity index (χ1v) is 9.72. The fourth-order valence-corrected chi connectivity index (χ4v) is 3.49. The molecular weight excluding hydrogens is 352 g/mol. The molecule has 4 heteroatoms. The predicted molar refractivity (Wildman–Crippen MR) is 109 cm³/mol. The van der Waals surface area contributed by atoms with Crippen LogP contribution in [0, 0.1) is 17.8 Å². The van der Waals surface area contributed by atoms with Crippen LogP contribution < -0.4 is 9.47 Å². The van der Waals surface area contributed by atoms with Crippen molar-refractivity contribution < 1.29 is 19.4 Å². The number of rotatable bonds is 6. The van der Waals surface area contributed by atoms with Gasteiger partial charge in [-0.25, -0.2) is 0 Å². The Hall–Kier alpha value is -2.93. The van der Waals surface area contributed by atoms with Crippen molar-refractivity contribution in [3.63, 3.8) is 0 Å². The SMILES string of the molecule is COc1ccc(C(C#Cc2ccccc2)[C@H](C)C(=O)O)cc1OC1CCCC1. The van der Waals surface area contributed by atoms with Crippen molar-refractivity contribution >= 4 is 5.97 Å². The van der Waals surface area contributed by atoms with Crippen molar-refractivity contribution in [3.05, 3.63) is 59.7 Å². The Morgan fingerprint density at radius 2 is 1.82 bits per heavy atom. The summed E-state index contributed by atoms with van der Waals surface area (Å²) >= 11 is 0. The second-order valence-corrected chi connectivity index (χ2v) is 7.17. The average molecular weight is 378 g/mol. The summed E-state index contributed by atoms with van der Waals surface area (Å²) < 4.78 is 11.6. The van der Waals surface area contributed by atoms with Crippen LogP contribution in [0.4, 0.5) is 0 Å². The third-order valence-electron chi connectivity index (χ3n) is 5.18. The van der Waals surface area contributed by atoms with Gasteiger partial charge >= 0.3 is 5.97 Å². The minimum absolute atomic E-state index is 0.190. The third kappa shape index (κ3) is 4.86. The van der Waals surface area contributed by atoms with E-state index in [1.54, 1.807) is 14.0 Å². The van der Waals surface area contributed by atoms with E-state index in [2.05, 4.69) is 11.8 Å². The highest BCUT2D eigenvalue weighted by Crippen LogP contribution is 2.36. The van der Waals surface area contributed by atoms with Gasteiger partial charge in [0.2, 0.25) is 0 Å². The van der Waals surface area contributed by atoms with Crippen molar-refractivity contribution in [1.82, 2.24) is 0 Å². The maximum atomic E-state index is 11.7. The van der Waals surface area contributed by atoms with E-state index in [0.29, 0.717) is 11.5 Å². The lowest BCUT2D eigenvalue weighted by Gasteiger charge is -2.20. The molecule has 0 saturated heterocycles. The molecule has 2 aromatic rings. The molecule has 1 fully saturated rings. The van der Waals surface area contributed by atoms with Crippen LogP contribution in [-0.4, -0.2) is 24.3 Å². The summed E-state index contributed by atoms with van der Waals surface area (Å²) in [5, 5.41) is 9.59. The van der Waals surface area contributed by atoms with Crippen LogP contribution in [0.2, 0.25) is 0 Å². The molecule has 1 unspecified atom stereocenters. The first kappa shape index (κ1) is 19.8. The molecule has 0 aliphatic heterocycles. The Morgan fingerprint density at radius 1 is 1.11 bits per heavy atom. The van der Waals surface area contributed by atoms with Gasteiger partial charge in [-0.15, -0.1) is 0 Å². The number of methoxy groups -OCH3 is 1. The Kier molecular flexibility index (Phi) is 6.60. The average Bonchev–Trinajstić information content (AvgIpc) is 3.22. The molecule has 1 aliphatic rings. The summed E-state index contributed by atoms with van der Waals surface area (Å²) in [5.74, 6) is 5.63. The van der Waals surface area contributed by atoms with Crippen molar-refractivity contribution in [2.24, 2.45) is 5.92 Å². The standard InChI is InChI=1S/C24H26O4/c1-17(24(25)26)21(14-12-18-8-4-3-5-9-18)19-13-15-22(27-2)23(16-19)28-20-10-6-7-11-20/h3-5,8-9,13,15-17,20-21H,6-7,10-11H2,1-2H3,(H,25,26)/t17-,21?/m0/s1. The monoisotopic (exact) mass is 378 g/mol. The molecule has 2 atom stereocenters. The Morgan fingerprint density at radius 3 is 2.46 bits per heavy atom. The molecule has 28 heavy (non-hydrogen) atoms. The molecule has 0 amide bonds. The van der Waals surface area contributed by atoms with Gasteiger partial charge in [-0.2, -0.15) is 0 Å². The van der Waals surface area contributed by atoms with Crippen molar-refractivity contribution in [3.8, 4) is 23.3 Å². The van der Waals surface area contributed by atoms with Crippen LogP contribution >= 0.6 is 0 Å². The van der Waals surface area contributed by atoms with Gasteiger partial charge in [0.25, 0.3) is 0 Å². The minimum atomic E-state index is -0.874. The zero-order chi connectivity index (χ0) is 19.9. The zero-order valence-electron chi connectivity index (χ0n) is 16.4. The molecule has 0 bridgehead atoms. The van der Waals surface area contributed by atoms with E-state index in [1.165, 1.54) is 12.8 Å². The molecule has 0 radical (unpaired) electrons. The maximum Gasteiger partial charge on any atom is 0.307 e. The van der Waals surface area contributed by atoms with E-state index in [1.807, 2.05) is 48.5 Å². The van der Waals surface area contributed by atoms with Gasteiger partial charge in [-0.1, -0.05) is 43.0 Å². The smallest absolute Gasteiger partial charge is 0.307 e. The van der Waals surface area contributed by atoms with Gasteiger partial charge < -0.3 is 14.6 Å². The summed E-state index contributed by atoms with van der Waals surface area (Å²) in [4.78, 5) is 11.7. The number of hydrogen-bond donors (Lipinski definition) is 1. The molecule has 4 nitrogen and oxygen atoms in total. The normalized spacial score (nSPS) is 15.9. The fraction of sp³-hybridized carbons (Fsp3) is 0.375. The minimum Gasteiger partial charge on any atom is -0.493 e. The van der Waals surface area contributed by atoms with Crippen LogP contribution in [-0.2, 0) is 4.79 Å². The molecule has 2 aromatic carbocycles.